The quantitative estimate of drug-likeness (QED) is 0.867. The first-order valence-electron chi connectivity index (χ1n) is 6.38. The second-order valence-corrected chi connectivity index (χ2v) is 7.28. The molecule has 0 atom stereocenters. The number of anilines is 1. The number of rotatable bonds is 4. The van der Waals surface area contributed by atoms with Crippen LogP contribution in [-0.2, 0) is 15.0 Å². The number of benzene rings is 1. The summed E-state index contributed by atoms with van der Waals surface area (Å²) in [5.41, 5.74) is 0.00480. The van der Waals surface area contributed by atoms with Gasteiger partial charge in [0, 0.05) is 6.42 Å². The van der Waals surface area contributed by atoms with E-state index in [0.717, 1.165) is 30.4 Å². The van der Waals surface area contributed by atoms with Gasteiger partial charge in [-0.25, -0.2) is 0 Å². The molecule has 0 unspecified atom stereocenters. The molecule has 0 aliphatic carbocycles. The van der Waals surface area contributed by atoms with Crippen molar-refractivity contribution in [1.29, 1.82) is 0 Å². The number of amides is 1. The third-order valence-corrected chi connectivity index (χ3v) is 5.17. The number of hydrogen-bond acceptors (Lipinski definition) is 4. The van der Waals surface area contributed by atoms with Crippen LogP contribution in [-0.4, -0.2) is 25.8 Å². The zero-order valence-electron chi connectivity index (χ0n) is 10.8. The van der Waals surface area contributed by atoms with Gasteiger partial charge in [0.2, 0.25) is 5.91 Å². The van der Waals surface area contributed by atoms with Crippen LogP contribution in [0.1, 0.15) is 19.3 Å². The average Bonchev–Trinajstić information content (AvgIpc) is 2.39. The van der Waals surface area contributed by atoms with Crippen molar-refractivity contribution < 1.29 is 17.1 Å². The van der Waals surface area contributed by atoms with Crippen LogP contribution >= 0.6 is 11.8 Å². The third kappa shape index (κ3) is 4.21. The third-order valence-electron chi connectivity index (χ3n) is 3.24. The van der Waals surface area contributed by atoms with E-state index in [1.54, 1.807) is 6.07 Å². The normalized spacial score (nSPS) is 16.9. The zero-order valence-corrected chi connectivity index (χ0v) is 12.5. The van der Waals surface area contributed by atoms with Crippen LogP contribution in [0.5, 0.6) is 0 Å². The Morgan fingerprint density at radius 3 is 2.60 bits per heavy atom. The zero-order chi connectivity index (χ0) is 14.6. The molecule has 1 aliphatic rings. The molecule has 0 radical (unpaired) electrons. The van der Waals surface area contributed by atoms with Gasteiger partial charge in [0.25, 0.3) is 0 Å². The number of hydrogen-bond donors (Lipinski definition) is 1. The molecule has 4 nitrogen and oxygen atoms in total. The Balaban J connectivity index is 2.04. The van der Waals surface area contributed by atoms with Crippen molar-refractivity contribution in [2.45, 2.75) is 24.2 Å². The van der Waals surface area contributed by atoms with E-state index in [4.69, 9.17) is 0 Å². The summed E-state index contributed by atoms with van der Waals surface area (Å²) in [6.07, 6.45) is 2.32. The van der Waals surface area contributed by atoms with E-state index in [1.165, 1.54) is 12.1 Å². The highest BCUT2D eigenvalue weighted by Gasteiger charge is 2.21. The van der Waals surface area contributed by atoms with Crippen LogP contribution < -0.4 is 5.32 Å². The van der Waals surface area contributed by atoms with Crippen molar-refractivity contribution in [1.82, 2.24) is 0 Å². The fourth-order valence-corrected chi connectivity index (χ4v) is 4.02. The van der Waals surface area contributed by atoms with E-state index < -0.39 is 15.1 Å². The van der Waals surface area contributed by atoms with Gasteiger partial charge >= 0.3 is 10.2 Å². The predicted octanol–water partition coefficient (Wildman–Crippen LogP) is 2.82. The van der Waals surface area contributed by atoms with Gasteiger partial charge in [0.1, 0.15) is 4.90 Å². The first-order chi connectivity index (χ1) is 9.47. The van der Waals surface area contributed by atoms with Crippen LogP contribution in [0.4, 0.5) is 9.57 Å². The summed E-state index contributed by atoms with van der Waals surface area (Å²) in [4.78, 5) is 11.4. The summed E-state index contributed by atoms with van der Waals surface area (Å²) in [6, 6.07) is 5.51. The molecule has 1 fully saturated rings. The number of thioether (sulfide) groups is 1. The van der Waals surface area contributed by atoms with Gasteiger partial charge in [-0.3, -0.25) is 4.79 Å². The van der Waals surface area contributed by atoms with Crippen LogP contribution in [0.15, 0.2) is 29.2 Å². The van der Waals surface area contributed by atoms with Crippen molar-refractivity contribution in [3.63, 3.8) is 0 Å². The van der Waals surface area contributed by atoms with Crippen LogP contribution in [0.3, 0.4) is 0 Å². The van der Waals surface area contributed by atoms with Gasteiger partial charge in [-0.2, -0.15) is 20.2 Å². The lowest BCUT2D eigenvalue weighted by molar-refractivity contribution is -0.117. The summed E-state index contributed by atoms with van der Waals surface area (Å²) in [5, 5.41) is 2.50. The van der Waals surface area contributed by atoms with E-state index in [9.17, 15) is 17.1 Å². The van der Waals surface area contributed by atoms with Gasteiger partial charge in [-0.15, -0.1) is 3.89 Å². The Morgan fingerprint density at radius 1 is 1.30 bits per heavy atom. The first kappa shape index (κ1) is 15.3. The fourth-order valence-electron chi connectivity index (χ4n) is 2.20. The minimum absolute atomic E-state index is 0.00480. The molecular weight excluding hydrogens is 301 g/mol. The van der Waals surface area contributed by atoms with Gasteiger partial charge in [-0.05, 0) is 42.4 Å². The monoisotopic (exact) mass is 317 g/mol. The molecular formula is C13H16FNO3S2. The summed E-state index contributed by atoms with van der Waals surface area (Å²) in [5.74, 6) is 2.16. The second kappa shape index (κ2) is 6.58. The van der Waals surface area contributed by atoms with E-state index in [1.807, 2.05) is 11.8 Å². The lowest BCUT2D eigenvalue weighted by atomic mass is 9.98. The van der Waals surface area contributed by atoms with Crippen molar-refractivity contribution in [3.8, 4) is 0 Å². The summed E-state index contributed by atoms with van der Waals surface area (Å²) in [7, 11) is -4.83. The van der Waals surface area contributed by atoms with Gasteiger partial charge < -0.3 is 5.32 Å². The molecule has 0 aromatic heterocycles. The molecule has 1 aromatic carbocycles. The first-order valence-corrected chi connectivity index (χ1v) is 8.92. The molecule has 0 saturated carbocycles. The minimum Gasteiger partial charge on any atom is -0.325 e. The SMILES string of the molecule is O=C(CC1CCSCC1)Nc1ccccc1S(=O)(=O)F. The standard InChI is InChI=1S/C13H16FNO3S2/c14-20(17,18)12-4-2-1-3-11(12)15-13(16)9-10-5-7-19-8-6-10/h1-4,10H,5-9H2,(H,15,16). The number of carbonyl (C=O) groups is 1. The molecule has 0 bridgehead atoms. The maximum absolute atomic E-state index is 13.1. The molecule has 110 valence electrons. The summed E-state index contributed by atoms with van der Waals surface area (Å²) < 4.78 is 35.1. The lowest BCUT2D eigenvalue weighted by Gasteiger charge is -2.20. The average molecular weight is 317 g/mol. The Bertz CT molecular complexity index is 583. The van der Waals surface area contributed by atoms with Crippen molar-refractivity contribution in [2.75, 3.05) is 16.8 Å². The molecule has 7 heteroatoms. The van der Waals surface area contributed by atoms with Gasteiger partial charge in [0.05, 0.1) is 5.69 Å². The Morgan fingerprint density at radius 2 is 1.95 bits per heavy atom. The highest BCUT2D eigenvalue weighted by atomic mass is 32.3. The van der Waals surface area contributed by atoms with Crippen LogP contribution in [0.25, 0.3) is 0 Å². The maximum atomic E-state index is 13.1. The molecule has 1 saturated heterocycles. The molecule has 1 aliphatic heterocycles. The number of para-hydroxylation sites is 1. The van der Waals surface area contributed by atoms with Gasteiger partial charge in [0.15, 0.2) is 0 Å². The minimum atomic E-state index is -4.83. The Labute approximate surface area is 122 Å². The summed E-state index contributed by atoms with van der Waals surface area (Å²) >= 11 is 1.87. The molecule has 1 N–H and O–H groups in total. The molecule has 1 heterocycles. The van der Waals surface area contributed by atoms with Crippen LogP contribution in [0, 0.1) is 5.92 Å². The molecule has 2 rings (SSSR count). The Hall–Kier alpha value is -1.08. The number of nitrogens with one attached hydrogen (secondary N) is 1. The Kier molecular flexibility index (Phi) is 5.04. The molecule has 1 aromatic rings. The van der Waals surface area contributed by atoms with E-state index in [2.05, 4.69) is 5.32 Å². The van der Waals surface area contributed by atoms with Crippen molar-refractivity contribution in [2.24, 2.45) is 5.92 Å². The number of carbonyl (C=O) groups excluding carboxylic acids is 1. The maximum Gasteiger partial charge on any atom is 0.334 e. The molecule has 1 amide bonds. The van der Waals surface area contributed by atoms with Crippen molar-refractivity contribution in [3.05, 3.63) is 24.3 Å². The smallest absolute Gasteiger partial charge is 0.325 e. The molecule has 20 heavy (non-hydrogen) atoms. The van der Waals surface area contributed by atoms with Crippen molar-refractivity contribution >= 4 is 33.6 Å². The second-order valence-electron chi connectivity index (χ2n) is 4.74. The molecule has 0 spiro atoms. The van der Waals surface area contributed by atoms with Crippen LogP contribution in [0.2, 0.25) is 0 Å². The predicted molar refractivity (Wildman–Crippen MR) is 78.0 cm³/mol. The fraction of sp³-hybridized carbons (Fsp3) is 0.462. The van der Waals surface area contributed by atoms with E-state index >= 15 is 0 Å². The van der Waals surface area contributed by atoms with Gasteiger partial charge in [-0.1, -0.05) is 12.1 Å². The summed E-state index contributed by atoms with van der Waals surface area (Å²) in [6.45, 7) is 0. The lowest BCUT2D eigenvalue weighted by Crippen LogP contribution is -2.20. The topological polar surface area (TPSA) is 63.2 Å². The van der Waals surface area contributed by atoms with E-state index in [-0.39, 0.29) is 11.6 Å². The largest absolute Gasteiger partial charge is 0.334 e. The number of halogens is 1. The highest BCUT2D eigenvalue weighted by Crippen LogP contribution is 2.27. The highest BCUT2D eigenvalue weighted by molar-refractivity contribution is 7.99. The van der Waals surface area contributed by atoms with E-state index in [0.29, 0.717) is 12.3 Å².